The summed E-state index contributed by atoms with van der Waals surface area (Å²) in [6.07, 6.45) is 0. The van der Waals surface area contributed by atoms with Crippen LogP contribution in [0.25, 0.3) is 0 Å². The first kappa shape index (κ1) is 13.9. The monoisotopic (exact) mass is 304 g/mol. The van der Waals surface area contributed by atoms with Gasteiger partial charge in [0.25, 0.3) is 0 Å². The van der Waals surface area contributed by atoms with Gasteiger partial charge in [-0.05, 0) is 29.6 Å². The lowest BCUT2D eigenvalue weighted by Crippen LogP contribution is -2.12. The summed E-state index contributed by atoms with van der Waals surface area (Å²) in [6, 6.07) is 7.10. The summed E-state index contributed by atoms with van der Waals surface area (Å²) in [4.78, 5) is 13.2. The van der Waals surface area contributed by atoms with Crippen LogP contribution >= 0.6 is 11.3 Å². The van der Waals surface area contributed by atoms with Crippen LogP contribution in [0.15, 0.2) is 29.6 Å². The van der Waals surface area contributed by atoms with Crippen LogP contribution in [0.4, 0.5) is 0 Å². The number of thiophene rings is 1. The van der Waals surface area contributed by atoms with Crippen molar-refractivity contribution in [1.29, 1.82) is 0 Å². The Labute approximate surface area is 127 Å². The molecule has 2 heterocycles. The number of rotatable bonds is 3. The Morgan fingerprint density at radius 3 is 2.76 bits per heavy atom. The van der Waals surface area contributed by atoms with E-state index < -0.39 is 0 Å². The van der Waals surface area contributed by atoms with Gasteiger partial charge in [-0.2, -0.15) is 0 Å². The van der Waals surface area contributed by atoms with Gasteiger partial charge in [0.1, 0.15) is 10.6 Å². The standard InChI is InChI=1S/C16H16O4S/c1-10-8-19-12-4-3-11(7-14(12)20-9-10)15(17)16-13(18-2)5-6-21-16/h3-7,10H,8-9H2,1-2H3. The molecule has 4 nitrogen and oxygen atoms in total. The number of hydrogen-bond acceptors (Lipinski definition) is 5. The second-order valence-corrected chi connectivity index (χ2v) is 5.95. The van der Waals surface area contributed by atoms with Crippen molar-refractivity contribution in [2.24, 2.45) is 5.92 Å². The SMILES string of the molecule is COc1ccsc1C(=O)c1ccc2c(c1)OCC(C)CO2. The number of benzene rings is 1. The smallest absolute Gasteiger partial charge is 0.206 e. The number of fused-ring (bicyclic) bond motifs is 1. The largest absolute Gasteiger partial charge is 0.495 e. The fourth-order valence-electron chi connectivity index (χ4n) is 2.15. The van der Waals surface area contributed by atoms with Gasteiger partial charge < -0.3 is 14.2 Å². The van der Waals surface area contributed by atoms with E-state index in [0.717, 1.165) is 0 Å². The van der Waals surface area contributed by atoms with Gasteiger partial charge in [-0.1, -0.05) is 6.92 Å². The van der Waals surface area contributed by atoms with Crippen molar-refractivity contribution < 1.29 is 19.0 Å². The molecule has 5 heteroatoms. The number of carbonyl (C=O) groups is 1. The molecule has 1 unspecified atom stereocenters. The summed E-state index contributed by atoms with van der Waals surface area (Å²) in [5.41, 5.74) is 0.577. The van der Waals surface area contributed by atoms with Crippen LogP contribution in [0.5, 0.6) is 17.2 Å². The van der Waals surface area contributed by atoms with Crippen LogP contribution < -0.4 is 14.2 Å². The number of hydrogen-bond donors (Lipinski definition) is 0. The lowest BCUT2D eigenvalue weighted by atomic mass is 10.1. The van der Waals surface area contributed by atoms with E-state index in [-0.39, 0.29) is 5.78 Å². The fraction of sp³-hybridized carbons (Fsp3) is 0.312. The van der Waals surface area contributed by atoms with Crippen LogP contribution in [0.3, 0.4) is 0 Å². The van der Waals surface area contributed by atoms with Crippen molar-refractivity contribution in [3.8, 4) is 17.2 Å². The van der Waals surface area contributed by atoms with E-state index in [2.05, 4.69) is 6.92 Å². The van der Waals surface area contributed by atoms with Crippen LogP contribution in [0, 0.1) is 5.92 Å². The summed E-state index contributed by atoms with van der Waals surface area (Å²) in [7, 11) is 1.56. The molecule has 3 rings (SSSR count). The van der Waals surface area contributed by atoms with E-state index in [0.29, 0.717) is 46.8 Å². The summed E-state index contributed by atoms with van der Waals surface area (Å²) in [6.45, 7) is 3.28. The Morgan fingerprint density at radius 2 is 2.00 bits per heavy atom. The number of methoxy groups -OCH3 is 1. The minimum atomic E-state index is -0.0643. The maximum atomic E-state index is 12.6. The van der Waals surface area contributed by atoms with Gasteiger partial charge >= 0.3 is 0 Å². The van der Waals surface area contributed by atoms with E-state index >= 15 is 0 Å². The lowest BCUT2D eigenvalue weighted by Gasteiger charge is -2.09. The molecular weight excluding hydrogens is 288 g/mol. The first-order valence-electron chi connectivity index (χ1n) is 6.75. The summed E-state index contributed by atoms with van der Waals surface area (Å²) >= 11 is 1.37. The van der Waals surface area contributed by atoms with Gasteiger partial charge in [0.05, 0.1) is 20.3 Å². The van der Waals surface area contributed by atoms with E-state index in [1.165, 1.54) is 11.3 Å². The molecule has 0 amide bonds. The number of ketones is 1. The fourth-order valence-corrected chi connectivity index (χ4v) is 2.97. The van der Waals surface area contributed by atoms with Gasteiger partial charge in [0.15, 0.2) is 11.5 Å². The molecule has 0 saturated carbocycles. The molecule has 0 bridgehead atoms. The maximum Gasteiger partial charge on any atom is 0.206 e. The molecule has 1 aromatic carbocycles. The highest BCUT2D eigenvalue weighted by Crippen LogP contribution is 2.34. The zero-order chi connectivity index (χ0) is 14.8. The molecule has 0 spiro atoms. The molecule has 21 heavy (non-hydrogen) atoms. The topological polar surface area (TPSA) is 44.8 Å². The molecule has 0 saturated heterocycles. The molecular formula is C16H16O4S. The molecule has 2 aromatic rings. The second-order valence-electron chi connectivity index (χ2n) is 5.04. The number of carbonyl (C=O) groups excluding carboxylic acids is 1. The third-order valence-corrected chi connectivity index (χ3v) is 4.20. The van der Waals surface area contributed by atoms with Crippen molar-refractivity contribution in [2.75, 3.05) is 20.3 Å². The van der Waals surface area contributed by atoms with E-state index in [1.807, 2.05) is 5.38 Å². The van der Waals surface area contributed by atoms with E-state index in [9.17, 15) is 4.79 Å². The molecule has 0 N–H and O–H groups in total. The Kier molecular flexibility index (Phi) is 3.84. The molecule has 1 aromatic heterocycles. The molecule has 1 atom stereocenters. The normalized spacial score (nSPS) is 17.1. The zero-order valence-electron chi connectivity index (χ0n) is 11.9. The zero-order valence-corrected chi connectivity index (χ0v) is 12.7. The third-order valence-electron chi connectivity index (χ3n) is 3.31. The van der Waals surface area contributed by atoms with Gasteiger partial charge in [-0.25, -0.2) is 0 Å². The molecule has 1 aliphatic heterocycles. The summed E-state index contributed by atoms with van der Waals surface area (Å²) in [5, 5.41) is 1.84. The number of ether oxygens (including phenoxy) is 3. The highest BCUT2D eigenvalue weighted by Gasteiger charge is 2.20. The van der Waals surface area contributed by atoms with Gasteiger partial charge in [-0.3, -0.25) is 4.79 Å². The minimum Gasteiger partial charge on any atom is -0.495 e. The van der Waals surface area contributed by atoms with Gasteiger partial charge in [-0.15, -0.1) is 11.3 Å². The second kappa shape index (κ2) is 5.77. The molecule has 0 fully saturated rings. The first-order valence-corrected chi connectivity index (χ1v) is 7.63. The lowest BCUT2D eigenvalue weighted by molar-refractivity contribution is 0.103. The van der Waals surface area contributed by atoms with Crippen molar-refractivity contribution in [3.05, 3.63) is 40.1 Å². The Hall–Kier alpha value is -2.01. The van der Waals surface area contributed by atoms with Crippen LogP contribution in [0.2, 0.25) is 0 Å². The highest BCUT2D eigenvalue weighted by atomic mass is 32.1. The quantitative estimate of drug-likeness (QED) is 0.815. The van der Waals surface area contributed by atoms with E-state index in [1.54, 1.807) is 31.4 Å². The van der Waals surface area contributed by atoms with Crippen LogP contribution in [-0.4, -0.2) is 26.1 Å². The van der Waals surface area contributed by atoms with Crippen LogP contribution in [0.1, 0.15) is 22.2 Å². The average Bonchev–Trinajstić information content (AvgIpc) is 2.91. The highest BCUT2D eigenvalue weighted by molar-refractivity contribution is 7.12. The van der Waals surface area contributed by atoms with Crippen molar-refractivity contribution >= 4 is 17.1 Å². The molecule has 1 aliphatic rings. The molecule has 0 radical (unpaired) electrons. The van der Waals surface area contributed by atoms with Crippen molar-refractivity contribution in [1.82, 2.24) is 0 Å². The van der Waals surface area contributed by atoms with Gasteiger partial charge in [0, 0.05) is 11.5 Å². The first-order chi connectivity index (χ1) is 10.2. The Morgan fingerprint density at radius 1 is 1.24 bits per heavy atom. The van der Waals surface area contributed by atoms with Crippen molar-refractivity contribution in [2.45, 2.75) is 6.92 Å². The van der Waals surface area contributed by atoms with E-state index in [4.69, 9.17) is 14.2 Å². The molecule has 0 aliphatic carbocycles. The maximum absolute atomic E-state index is 12.6. The summed E-state index contributed by atoms with van der Waals surface area (Å²) in [5.74, 6) is 2.18. The summed E-state index contributed by atoms with van der Waals surface area (Å²) < 4.78 is 16.6. The predicted octanol–water partition coefficient (Wildman–Crippen LogP) is 3.40. The minimum absolute atomic E-state index is 0.0643. The molecule has 110 valence electrons. The third kappa shape index (κ3) is 2.74. The average molecular weight is 304 g/mol. The predicted molar refractivity (Wildman–Crippen MR) is 80.9 cm³/mol. The Bertz CT molecular complexity index is 662. The van der Waals surface area contributed by atoms with Crippen LogP contribution in [-0.2, 0) is 0 Å². The van der Waals surface area contributed by atoms with Crippen molar-refractivity contribution in [3.63, 3.8) is 0 Å². The Balaban J connectivity index is 1.92. The van der Waals surface area contributed by atoms with Gasteiger partial charge in [0.2, 0.25) is 5.78 Å².